The van der Waals surface area contributed by atoms with Crippen LogP contribution in [0.15, 0.2) is 46.4 Å². The van der Waals surface area contributed by atoms with Gasteiger partial charge in [-0.25, -0.2) is 0 Å². The SMILES string of the molecule is CN(C)C(=O)/C(C#N)=C\c1cc(Cl)c(OCc2cccc([N+](=O)[O-])c2)c(Br)c1. The normalized spacial score (nSPS) is 10.9. The first-order valence-electron chi connectivity index (χ1n) is 7.91. The molecule has 2 aromatic carbocycles. The zero-order valence-corrected chi connectivity index (χ0v) is 17.3. The van der Waals surface area contributed by atoms with Crippen molar-refractivity contribution in [2.24, 2.45) is 0 Å². The molecule has 144 valence electrons. The van der Waals surface area contributed by atoms with Crippen LogP contribution in [-0.2, 0) is 11.4 Å². The summed E-state index contributed by atoms with van der Waals surface area (Å²) in [5, 5.41) is 20.3. The molecule has 0 aromatic heterocycles. The number of hydrogen-bond donors (Lipinski definition) is 0. The van der Waals surface area contributed by atoms with Gasteiger partial charge in [-0.2, -0.15) is 5.26 Å². The molecule has 9 heteroatoms. The van der Waals surface area contributed by atoms with Gasteiger partial charge in [0.25, 0.3) is 11.6 Å². The van der Waals surface area contributed by atoms with Crippen molar-refractivity contribution in [3.8, 4) is 11.8 Å². The van der Waals surface area contributed by atoms with E-state index in [-0.39, 0.29) is 22.9 Å². The number of halogens is 2. The first kappa shape index (κ1) is 21.4. The molecule has 0 bridgehead atoms. The number of amides is 1. The van der Waals surface area contributed by atoms with E-state index in [4.69, 9.17) is 16.3 Å². The third-order valence-electron chi connectivity index (χ3n) is 3.59. The van der Waals surface area contributed by atoms with Gasteiger partial charge in [-0.1, -0.05) is 23.7 Å². The van der Waals surface area contributed by atoms with Crippen molar-refractivity contribution in [1.29, 1.82) is 5.26 Å². The Morgan fingerprint density at radius 2 is 2.11 bits per heavy atom. The van der Waals surface area contributed by atoms with Gasteiger partial charge < -0.3 is 9.64 Å². The van der Waals surface area contributed by atoms with Crippen LogP contribution in [-0.4, -0.2) is 29.8 Å². The van der Waals surface area contributed by atoms with Crippen molar-refractivity contribution in [3.63, 3.8) is 0 Å². The van der Waals surface area contributed by atoms with Crippen LogP contribution in [0.1, 0.15) is 11.1 Å². The summed E-state index contributed by atoms with van der Waals surface area (Å²) in [6.07, 6.45) is 1.43. The number of nitro benzene ring substituents is 1. The van der Waals surface area contributed by atoms with Crippen molar-refractivity contribution in [2.75, 3.05) is 14.1 Å². The Morgan fingerprint density at radius 1 is 1.39 bits per heavy atom. The number of carbonyl (C=O) groups excluding carboxylic acids is 1. The highest BCUT2D eigenvalue weighted by Gasteiger charge is 2.14. The summed E-state index contributed by atoms with van der Waals surface area (Å²) in [6, 6.07) is 11.2. The molecule has 0 saturated carbocycles. The predicted molar refractivity (Wildman–Crippen MR) is 109 cm³/mol. The summed E-state index contributed by atoms with van der Waals surface area (Å²) in [7, 11) is 3.11. The van der Waals surface area contributed by atoms with Crippen LogP contribution in [0.5, 0.6) is 5.75 Å². The van der Waals surface area contributed by atoms with E-state index in [9.17, 15) is 20.2 Å². The highest BCUT2D eigenvalue weighted by molar-refractivity contribution is 9.10. The number of nitrogens with zero attached hydrogens (tertiary/aromatic N) is 3. The molecule has 0 fully saturated rings. The van der Waals surface area contributed by atoms with E-state index in [1.54, 1.807) is 38.4 Å². The average Bonchev–Trinajstić information content (AvgIpc) is 2.65. The first-order valence-corrected chi connectivity index (χ1v) is 9.08. The molecule has 0 aliphatic rings. The zero-order valence-electron chi connectivity index (χ0n) is 15.0. The fraction of sp³-hybridized carbons (Fsp3) is 0.158. The molecule has 7 nitrogen and oxygen atoms in total. The second-order valence-corrected chi connectivity index (χ2v) is 7.16. The van der Waals surface area contributed by atoms with Crippen molar-refractivity contribution < 1.29 is 14.5 Å². The maximum atomic E-state index is 12.0. The highest BCUT2D eigenvalue weighted by Crippen LogP contribution is 2.36. The van der Waals surface area contributed by atoms with E-state index in [0.717, 1.165) is 0 Å². The monoisotopic (exact) mass is 463 g/mol. The molecule has 0 unspecified atom stereocenters. The van der Waals surface area contributed by atoms with Gasteiger partial charge >= 0.3 is 0 Å². The van der Waals surface area contributed by atoms with E-state index in [1.165, 1.54) is 23.1 Å². The summed E-state index contributed by atoms with van der Waals surface area (Å²) in [4.78, 5) is 23.7. The molecule has 0 radical (unpaired) electrons. The number of hydrogen-bond acceptors (Lipinski definition) is 5. The minimum atomic E-state index is -0.477. The molecule has 1 amide bonds. The number of likely N-dealkylation sites (N-methyl/N-ethyl adjacent to an activating group) is 1. The number of nitro groups is 1. The molecule has 0 N–H and O–H groups in total. The molecular formula is C19H15BrClN3O4. The third-order valence-corrected chi connectivity index (χ3v) is 4.46. The summed E-state index contributed by atoms with van der Waals surface area (Å²) >= 11 is 9.64. The van der Waals surface area contributed by atoms with Crippen LogP contribution >= 0.6 is 27.5 Å². The molecule has 0 spiro atoms. The van der Waals surface area contributed by atoms with Gasteiger partial charge in [0.1, 0.15) is 18.2 Å². The summed E-state index contributed by atoms with van der Waals surface area (Å²) in [5.74, 6) is -0.0662. The van der Waals surface area contributed by atoms with E-state index in [1.807, 2.05) is 6.07 Å². The fourth-order valence-electron chi connectivity index (χ4n) is 2.27. The first-order chi connectivity index (χ1) is 13.2. The van der Waals surface area contributed by atoms with Crippen LogP contribution in [0.3, 0.4) is 0 Å². The van der Waals surface area contributed by atoms with Crippen molar-refractivity contribution in [3.05, 3.63) is 72.7 Å². The van der Waals surface area contributed by atoms with Crippen LogP contribution in [0.2, 0.25) is 5.02 Å². The summed E-state index contributed by atoms with van der Waals surface area (Å²) in [6.45, 7) is 0.0811. The number of rotatable bonds is 6. The van der Waals surface area contributed by atoms with E-state index in [0.29, 0.717) is 21.3 Å². The van der Waals surface area contributed by atoms with E-state index >= 15 is 0 Å². The lowest BCUT2D eigenvalue weighted by atomic mass is 10.1. The topological polar surface area (TPSA) is 96.5 Å². The number of ether oxygens (including phenoxy) is 1. The zero-order chi connectivity index (χ0) is 20.8. The largest absolute Gasteiger partial charge is 0.486 e. The highest BCUT2D eigenvalue weighted by atomic mass is 79.9. The molecule has 0 saturated heterocycles. The molecule has 0 heterocycles. The number of carbonyl (C=O) groups is 1. The number of nitriles is 1. The Morgan fingerprint density at radius 3 is 2.68 bits per heavy atom. The smallest absolute Gasteiger partial charge is 0.269 e. The van der Waals surface area contributed by atoms with Gasteiger partial charge in [0, 0.05) is 26.2 Å². The van der Waals surface area contributed by atoms with Crippen LogP contribution in [0.4, 0.5) is 5.69 Å². The van der Waals surface area contributed by atoms with Gasteiger partial charge in [0.15, 0.2) is 5.75 Å². The van der Waals surface area contributed by atoms with Crippen LogP contribution in [0, 0.1) is 21.4 Å². The summed E-state index contributed by atoms with van der Waals surface area (Å²) < 4.78 is 6.22. The van der Waals surface area contributed by atoms with Crippen LogP contribution in [0.25, 0.3) is 6.08 Å². The Labute approximate surface area is 175 Å². The molecular weight excluding hydrogens is 450 g/mol. The number of non-ortho nitro benzene ring substituents is 1. The van der Waals surface area contributed by atoms with Crippen molar-refractivity contribution in [1.82, 2.24) is 4.90 Å². The van der Waals surface area contributed by atoms with Crippen molar-refractivity contribution in [2.45, 2.75) is 6.61 Å². The van der Waals surface area contributed by atoms with E-state index in [2.05, 4.69) is 15.9 Å². The minimum absolute atomic E-state index is 0.0265. The van der Waals surface area contributed by atoms with Gasteiger partial charge in [0.05, 0.1) is 14.4 Å². The maximum Gasteiger partial charge on any atom is 0.269 e. The molecule has 0 aliphatic carbocycles. The lowest BCUT2D eigenvalue weighted by molar-refractivity contribution is -0.384. The second-order valence-electron chi connectivity index (χ2n) is 5.90. The van der Waals surface area contributed by atoms with E-state index < -0.39 is 10.8 Å². The lowest BCUT2D eigenvalue weighted by Crippen LogP contribution is -2.22. The standard InChI is InChI=1S/C19H15BrClN3O4/c1-23(2)19(25)14(10-22)6-13-8-16(20)18(17(21)9-13)28-11-12-4-3-5-15(7-12)24(26)27/h3-9H,11H2,1-2H3/b14-6-. The molecule has 2 rings (SSSR count). The minimum Gasteiger partial charge on any atom is -0.486 e. The second kappa shape index (κ2) is 9.35. The molecule has 0 aliphatic heterocycles. The predicted octanol–water partition coefficient (Wildman–Crippen LogP) is 4.58. The van der Waals surface area contributed by atoms with Gasteiger partial charge in [-0.3, -0.25) is 14.9 Å². The lowest BCUT2D eigenvalue weighted by Gasteiger charge is -2.12. The van der Waals surface area contributed by atoms with Gasteiger partial charge in [-0.15, -0.1) is 0 Å². The molecule has 2 aromatic rings. The third kappa shape index (κ3) is 5.31. The Kier molecular flexibility index (Phi) is 7.15. The summed E-state index contributed by atoms with van der Waals surface area (Å²) in [5.41, 5.74) is 1.11. The van der Waals surface area contributed by atoms with Crippen molar-refractivity contribution >= 4 is 45.2 Å². The van der Waals surface area contributed by atoms with Crippen LogP contribution < -0.4 is 4.74 Å². The fourth-order valence-corrected chi connectivity index (χ4v) is 3.25. The Balaban J connectivity index is 2.25. The molecule has 0 atom stereocenters. The Hall–Kier alpha value is -2.89. The average molecular weight is 465 g/mol. The quantitative estimate of drug-likeness (QED) is 0.270. The number of benzene rings is 2. The Bertz CT molecular complexity index is 976. The van der Waals surface area contributed by atoms with Gasteiger partial charge in [0.2, 0.25) is 0 Å². The maximum absolute atomic E-state index is 12.0. The molecule has 28 heavy (non-hydrogen) atoms. The van der Waals surface area contributed by atoms with Gasteiger partial charge in [-0.05, 0) is 45.3 Å².